The lowest BCUT2D eigenvalue weighted by molar-refractivity contribution is 0.0386. The van der Waals surface area contributed by atoms with Gasteiger partial charge in [0.1, 0.15) is 4.99 Å². The maximum Gasteiger partial charge on any atom is 0.216 e. The van der Waals surface area contributed by atoms with E-state index < -0.39 is 15.6 Å². The number of hydrogen-bond donors (Lipinski definition) is 2. The summed E-state index contributed by atoms with van der Waals surface area (Å²) in [6.07, 6.45) is 1.62. The first-order valence-electron chi connectivity index (χ1n) is 6.78. The molecule has 0 aromatic heterocycles. The van der Waals surface area contributed by atoms with Crippen molar-refractivity contribution in [3.8, 4) is 0 Å². The number of nitrogens with two attached hydrogens (primary N) is 1. The quantitative estimate of drug-likeness (QED) is 0.797. The van der Waals surface area contributed by atoms with Gasteiger partial charge in [0.15, 0.2) is 0 Å². The van der Waals surface area contributed by atoms with Gasteiger partial charge in [-0.25, -0.2) is 13.1 Å². The maximum absolute atomic E-state index is 12.4. The number of sulfonamides is 1. The van der Waals surface area contributed by atoms with Crippen molar-refractivity contribution in [2.45, 2.75) is 31.1 Å². The van der Waals surface area contributed by atoms with Crippen molar-refractivity contribution in [2.75, 3.05) is 13.2 Å². The van der Waals surface area contributed by atoms with Crippen LogP contribution in [0.15, 0.2) is 24.3 Å². The fourth-order valence-electron chi connectivity index (χ4n) is 2.52. The lowest BCUT2D eigenvalue weighted by Crippen LogP contribution is -2.51. The van der Waals surface area contributed by atoms with Crippen molar-refractivity contribution in [3.63, 3.8) is 0 Å². The minimum atomic E-state index is -3.49. The van der Waals surface area contributed by atoms with Crippen LogP contribution in [0, 0.1) is 0 Å². The van der Waals surface area contributed by atoms with Gasteiger partial charge in [-0.1, -0.05) is 36.5 Å². The lowest BCUT2D eigenvalue weighted by atomic mass is 9.97. The van der Waals surface area contributed by atoms with E-state index in [-0.39, 0.29) is 10.7 Å². The number of ether oxygens (including phenoxy) is 1. The highest BCUT2D eigenvalue weighted by Crippen LogP contribution is 2.21. The second-order valence-electron chi connectivity index (χ2n) is 5.60. The third kappa shape index (κ3) is 4.47. The summed E-state index contributed by atoms with van der Waals surface area (Å²) in [6, 6.07) is 7.03. The molecule has 1 aromatic rings. The van der Waals surface area contributed by atoms with Crippen LogP contribution in [0.2, 0.25) is 0 Å². The van der Waals surface area contributed by atoms with Gasteiger partial charge in [-0.05, 0) is 25.3 Å². The van der Waals surface area contributed by atoms with E-state index in [1.54, 1.807) is 24.3 Å². The number of benzene rings is 1. The molecule has 0 saturated carbocycles. The molecule has 1 aromatic carbocycles. The van der Waals surface area contributed by atoms with Crippen LogP contribution in [0.4, 0.5) is 0 Å². The SMILES string of the molecule is CC1(NS(=O)(=O)Cc2ccccc2C(N)=S)CCCOC1. The molecule has 1 fully saturated rings. The molecule has 21 heavy (non-hydrogen) atoms. The Morgan fingerprint density at radius 2 is 2.19 bits per heavy atom. The van der Waals surface area contributed by atoms with Gasteiger partial charge in [-0.2, -0.15) is 0 Å². The summed E-state index contributed by atoms with van der Waals surface area (Å²) in [4.78, 5) is 0.202. The first kappa shape index (κ1) is 16.4. The van der Waals surface area contributed by atoms with Crippen molar-refractivity contribution < 1.29 is 13.2 Å². The molecule has 1 heterocycles. The van der Waals surface area contributed by atoms with Gasteiger partial charge in [-0.15, -0.1) is 0 Å². The van der Waals surface area contributed by atoms with Gasteiger partial charge in [0.2, 0.25) is 10.0 Å². The molecule has 1 unspecified atom stereocenters. The van der Waals surface area contributed by atoms with Gasteiger partial charge in [0, 0.05) is 12.2 Å². The topological polar surface area (TPSA) is 81.4 Å². The van der Waals surface area contributed by atoms with Crippen LogP contribution in [0.3, 0.4) is 0 Å². The highest BCUT2D eigenvalue weighted by Gasteiger charge is 2.32. The average Bonchev–Trinajstić information content (AvgIpc) is 2.37. The third-order valence-corrected chi connectivity index (χ3v) is 5.18. The second-order valence-corrected chi connectivity index (χ2v) is 7.76. The first-order chi connectivity index (χ1) is 9.81. The Bertz CT molecular complexity index is 623. The second kappa shape index (κ2) is 6.39. The summed E-state index contributed by atoms with van der Waals surface area (Å²) in [5, 5.41) is 0. The highest BCUT2D eigenvalue weighted by atomic mass is 32.2. The van der Waals surface area contributed by atoms with E-state index in [1.165, 1.54) is 0 Å². The molecule has 7 heteroatoms. The molecular weight excluding hydrogens is 308 g/mol. The smallest absolute Gasteiger partial charge is 0.216 e. The van der Waals surface area contributed by atoms with Crippen LogP contribution < -0.4 is 10.5 Å². The Morgan fingerprint density at radius 3 is 2.81 bits per heavy atom. The largest absolute Gasteiger partial charge is 0.389 e. The van der Waals surface area contributed by atoms with Crippen molar-refractivity contribution in [3.05, 3.63) is 35.4 Å². The minimum absolute atomic E-state index is 0.143. The summed E-state index contributed by atoms with van der Waals surface area (Å²) < 4.78 is 32.9. The van der Waals surface area contributed by atoms with E-state index in [0.717, 1.165) is 12.8 Å². The van der Waals surface area contributed by atoms with Gasteiger partial charge in [-0.3, -0.25) is 0 Å². The monoisotopic (exact) mass is 328 g/mol. The molecule has 3 N–H and O–H groups in total. The van der Waals surface area contributed by atoms with Crippen LogP contribution in [-0.4, -0.2) is 32.2 Å². The lowest BCUT2D eigenvalue weighted by Gasteiger charge is -2.33. The number of hydrogen-bond acceptors (Lipinski definition) is 4. The van der Waals surface area contributed by atoms with E-state index in [9.17, 15) is 8.42 Å². The van der Waals surface area contributed by atoms with E-state index in [4.69, 9.17) is 22.7 Å². The van der Waals surface area contributed by atoms with E-state index in [0.29, 0.717) is 24.3 Å². The molecule has 116 valence electrons. The van der Waals surface area contributed by atoms with E-state index >= 15 is 0 Å². The summed E-state index contributed by atoms with van der Waals surface area (Å²) in [7, 11) is -3.49. The molecule has 2 rings (SSSR count). The van der Waals surface area contributed by atoms with Crippen molar-refractivity contribution in [2.24, 2.45) is 5.73 Å². The van der Waals surface area contributed by atoms with Gasteiger partial charge < -0.3 is 10.5 Å². The van der Waals surface area contributed by atoms with Crippen LogP contribution in [0.25, 0.3) is 0 Å². The molecule has 1 saturated heterocycles. The Hall–Kier alpha value is -1.02. The zero-order chi connectivity index (χ0) is 15.5. The minimum Gasteiger partial charge on any atom is -0.389 e. The molecule has 5 nitrogen and oxygen atoms in total. The standard InChI is InChI=1S/C14H20N2O3S2/c1-14(7-4-8-19-10-14)16-21(17,18)9-11-5-2-3-6-12(11)13(15)20/h2-3,5-6,16H,4,7-10H2,1H3,(H2,15,20). The molecule has 1 aliphatic rings. The van der Waals surface area contributed by atoms with Crippen molar-refractivity contribution in [1.29, 1.82) is 0 Å². The zero-order valence-corrected chi connectivity index (χ0v) is 13.6. The summed E-state index contributed by atoms with van der Waals surface area (Å²) >= 11 is 4.96. The Labute approximate surface area is 130 Å². The van der Waals surface area contributed by atoms with Crippen LogP contribution in [-0.2, 0) is 20.5 Å². The molecule has 0 bridgehead atoms. The number of rotatable bonds is 5. The van der Waals surface area contributed by atoms with Gasteiger partial charge in [0.05, 0.1) is 17.9 Å². The van der Waals surface area contributed by atoms with Crippen LogP contribution >= 0.6 is 12.2 Å². The molecule has 1 aliphatic heterocycles. The predicted octanol–water partition coefficient (Wildman–Crippen LogP) is 1.31. The Morgan fingerprint density at radius 1 is 1.48 bits per heavy atom. The zero-order valence-electron chi connectivity index (χ0n) is 12.0. The van der Waals surface area contributed by atoms with Crippen LogP contribution in [0.5, 0.6) is 0 Å². The molecule has 0 radical (unpaired) electrons. The van der Waals surface area contributed by atoms with E-state index in [2.05, 4.69) is 4.72 Å². The number of nitrogens with one attached hydrogen (secondary N) is 1. The predicted molar refractivity (Wildman–Crippen MR) is 86.5 cm³/mol. The summed E-state index contributed by atoms with van der Waals surface area (Å²) in [5.74, 6) is -0.143. The van der Waals surface area contributed by atoms with Gasteiger partial charge in [0.25, 0.3) is 0 Å². The molecule has 0 aliphatic carbocycles. The fourth-order valence-corrected chi connectivity index (χ4v) is 4.36. The van der Waals surface area contributed by atoms with E-state index in [1.807, 2.05) is 6.92 Å². The molecule has 1 atom stereocenters. The Kier molecular flexibility index (Phi) is 4.98. The summed E-state index contributed by atoms with van der Waals surface area (Å²) in [5.41, 5.74) is 6.30. The maximum atomic E-state index is 12.4. The van der Waals surface area contributed by atoms with Crippen molar-refractivity contribution in [1.82, 2.24) is 4.72 Å². The van der Waals surface area contributed by atoms with Gasteiger partial charge >= 0.3 is 0 Å². The molecular formula is C14H20N2O3S2. The fraction of sp³-hybridized carbons (Fsp3) is 0.500. The first-order valence-corrected chi connectivity index (χ1v) is 8.84. The Balaban J connectivity index is 2.16. The summed E-state index contributed by atoms with van der Waals surface area (Å²) in [6.45, 7) is 2.94. The number of thiocarbonyl (C=S) groups is 1. The molecule has 0 spiro atoms. The van der Waals surface area contributed by atoms with Crippen molar-refractivity contribution >= 4 is 27.2 Å². The molecule has 0 amide bonds. The third-order valence-electron chi connectivity index (χ3n) is 3.47. The normalized spacial score (nSPS) is 22.9. The average molecular weight is 328 g/mol. The highest BCUT2D eigenvalue weighted by molar-refractivity contribution is 7.88. The van der Waals surface area contributed by atoms with Crippen LogP contribution in [0.1, 0.15) is 30.9 Å².